The van der Waals surface area contributed by atoms with Crippen LogP contribution in [0.25, 0.3) is 11.3 Å². The van der Waals surface area contributed by atoms with Gasteiger partial charge < -0.3 is 16.0 Å². The molecule has 1 unspecified atom stereocenters. The van der Waals surface area contributed by atoms with Gasteiger partial charge in [-0.3, -0.25) is 9.59 Å². The van der Waals surface area contributed by atoms with E-state index in [2.05, 4.69) is 20.9 Å². The molecule has 2 aliphatic rings. The molecule has 1 atom stereocenters. The Kier molecular flexibility index (Phi) is 4.62. The molecule has 1 aromatic heterocycles. The zero-order valence-electron chi connectivity index (χ0n) is 16.3. The summed E-state index contributed by atoms with van der Waals surface area (Å²) in [7, 11) is 0. The predicted molar refractivity (Wildman–Crippen MR) is 111 cm³/mol. The molecule has 31 heavy (non-hydrogen) atoms. The Morgan fingerprint density at radius 3 is 2.39 bits per heavy atom. The molecule has 6 nitrogen and oxygen atoms in total. The number of halogens is 2. The number of nitrogens with zero attached hydrogens (tertiary/aromatic N) is 1. The van der Waals surface area contributed by atoms with E-state index in [1.165, 1.54) is 24.3 Å². The van der Waals surface area contributed by atoms with E-state index >= 15 is 0 Å². The lowest BCUT2D eigenvalue weighted by atomic mass is 9.97. The predicted octanol–water partition coefficient (Wildman–Crippen LogP) is 3.62. The number of benzene rings is 2. The smallest absolute Gasteiger partial charge is 0.255 e. The lowest BCUT2D eigenvalue weighted by Crippen LogP contribution is -2.17. The molecule has 0 saturated carbocycles. The highest BCUT2D eigenvalue weighted by molar-refractivity contribution is 6.03. The molecule has 0 radical (unpaired) electrons. The molecule has 2 aliphatic heterocycles. The van der Waals surface area contributed by atoms with Gasteiger partial charge in [0.05, 0.1) is 22.7 Å². The van der Waals surface area contributed by atoms with E-state index in [1.807, 2.05) is 12.1 Å². The van der Waals surface area contributed by atoms with Crippen molar-refractivity contribution in [2.24, 2.45) is 0 Å². The van der Waals surface area contributed by atoms with Crippen LogP contribution in [0.3, 0.4) is 0 Å². The van der Waals surface area contributed by atoms with Crippen LogP contribution in [0.1, 0.15) is 33.8 Å². The third-order valence-corrected chi connectivity index (χ3v) is 5.61. The summed E-state index contributed by atoms with van der Waals surface area (Å²) in [6.07, 6.45) is 0.747. The van der Waals surface area contributed by atoms with Crippen molar-refractivity contribution in [3.05, 3.63) is 76.9 Å². The monoisotopic (exact) mass is 420 g/mol. The van der Waals surface area contributed by atoms with Crippen molar-refractivity contribution in [1.29, 1.82) is 0 Å². The van der Waals surface area contributed by atoms with Crippen molar-refractivity contribution in [3.63, 3.8) is 0 Å². The van der Waals surface area contributed by atoms with Crippen LogP contribution in [0, 0.1) is 11.6 Å². The summed E-state index contributed by atoms with van der Waals surface area (Å²) in [6, 6.07) is 12.4. The lowest BCUT2D eigenvalue weighted by Gasteiger charge is -2.14. The van der Waals surface area contributed by atoms with Crippen LogP contribution in [0.15, 0.2) is 48.5 Å². The Hall–Kier alpha value is -3.81. The Bertz CT molecular complexity index is 1190. The number of aromatic nitrogens is 1. The maximum Gasteiger partial charge on any atom is 0.255 e. The molecule has 8 heteroatoms. The summed E-state index contributed by atoms with van der Waals surface area (Å²) in [4.78, 5) is 28.6. The molecule has 1 saturated heterocycles. The molecular formula is C23H18F2N4O2. The molecule has 0 spiro atoms. The normalized spacial score (nSPS) is 17.3. The number of carbonyl (C=O) groups excluding carboxylic acids is 2. The topological polar surface area (TPSA) is 83.1 Å². The number of fused-ring (bicyclic) bond motifs is 1. The third-order valence-electron chi connectivity index (χ3n) is 5.61. The molecule has 0 bridgehead atoms. The summed E-state index contributed by atoms with van der Waals surface area (Å²) in [5.41, 5.74) is 2.36. The number of hydrogen-bond acceptors (Lipinski definition) is 4. The quantitative estimate of drug-likeness (QED) is 0.602. The van der Waals surface area contributed by atoms with E-state index in [0.717, 1.165) is 12.0 Å². The maximum atomic E-state index is 14.3. The van der Waals surface area contributed by atoms with Gasteiger partial charge in [0.1, 0.15) is 17.5 Å². The number of pyridine rings is 1. The fourth-order valence-electron chi connectivity index (χ4n) is 4.06. The van der Waals surface area contributed by atoms with Crippen LogP contribution < -0.4 is 16.0 Å². The minimum absolute atomic E-state index is 0.0106. The van der Waals surface area contributed by atoms with E-state index in [4.69, 9.17) is 0 Å². The standard InChI is InChI=1S/C23H18F2N4O2/c24-16-2-1-3-17(25)20(16)18-10-13-11-27-23(31)19(13)21(29-18)28-14-6-4-12(5-7-14)15-8-9-26-22(15)30/h1-7,10,15H,8-9,11H2,(H,26,30)(H,27,31)(H,28,29). The molecule has 3 N–H and O–H groups in total. The summed E-state index contributed by atoms with van der Waals surface area (Å²) in [6.45, 7) is 0.915. The number of amides is 2. The summed E-state index contributed by atoms with van der Waals surface area (Å²) < 4.78 is 28.7. The molecule has 3 heterocycles. The summed E-state index contributed by atoms with van der Waals surface area (Å²) in [5, 5.41) is 8.63. The second-order valence-corrected chi connectivity index (χ2v) is 7.55. The molecule has 156 valence electrons. The van der Waals surface area contributed by atoms with Gasteiger partial charge in [0, 0.05) is 18.8 Å². The largest absolute Gasteiger partial charge is 0.356 e. The van der Waals surface area contributed by atoms with E-state index in [-0.39, 0.29) is 41.4 Å². The minimum atomic E-state index is -0.727. The van der Waals surface area contributed by atoms with Gasteiger partial charge in [-0.05, 0) is 47.9 Å². The van der Waals surface area contributed by atoms with Gasteiger partial charge >= 0.3 is 0 Å². The van der Waals surface area contributed by atoms with Gasteiger partial charge in [0.25, 0.3) is 5.91 Å². The van der Waals surface area contributed by atoms with Gasteiger partial charge in [-0.25, -0.2) is 13.8 Å². The van der Waals surface area contributed by atoms with E-state index in [0.29, 0.717) is 23.4 Å². The first kappa shape index (κ1) is 19.2. The van der Waals surface area contributed by atoms with Crippen LogP contribution in [0.5, 0.6) is 0 Å². The van der Waals surface area contributed by atoms with Crippen molar-refractivity contribution in [2.45, 2.75) is 18.9 Å². The van der Waals surface area contributed by atoms with Crippen molar-refractivity contribution in [2.75, 3.05) is 11.9 Å². The van der Waals surface area contributed by atoms with Gasteiger partial charge in [-0.2, -0.15) is 0 Å². The Balaban J connectivity index is 1.52. The molecular weight excluding hydrogens is 402 g/mol. The second-order valence-electron chi connectivity index (χ2n) is 7.55. The van der Waals surface area contributed by atoms with Crippen molar-refractivity contribution in [1.82, 2.24) is 15.6 Å². The summed E-state index contributed by atoms with van der Waals surface area (Å²) >= 11 is 0. The third kappa shape index (κ3) is 3.39. The molecule has 5 rings (SSSR count). The van der Waals surface area contributed by atoms with E-state index in [1.54, 1.807) is 12.1 Å². The van der Waals surface area contributed by atoms with Crippen LogP contribution in [0.2, 0.25) is 0 Å². The fraction of sp³-hybridized carbons (Fsp3) is 0.174. The Morgan fingerprint density at radius 1 is 0.968 bits per heavy atom. The SMILES string of the molecule is O=C1NCc2cc(-c3c(F)cccc3F)nc(Nc3ccc(C4CCNC4=O)cc3)c21. The first-order valence-corrected chi connectivity index (χ1v) is 9.92. The highest BCUT2D eigenvalue weighted by Gasteiger charge is 2.28. The van der Waals surface area contributed by atoms with Gasteiger partial charge in [0.15, 0.2) is 0 Å². The zero-order chi connectivity index (χ0) is 21.5. The Labute approximate surface area is 176 Å². The lowest BCUT2D eigenvalue weighted by molar-refractivity contribution is -0.120. The average molecular weight is 420 g/mol. The minimum Gasteiger partial charge on any atom is -0.356 e. The van der Waals surface area contributed by atoms with Crippen LogP contribution >= 0.6 is 0 Å². The average Bonchev–Trinajstić information content (AvgIpc) is 3.34. The first-order valence-electron chi connectivity index (χ1n) is 9.92. The molecule has 3 aromatic rings. The molecule has 2 aromatic carbocycles. The first-order chi connectivity index (χ1) is 15.0. The molecule has 2 amide bonds. The van der Waals surface area contributed by atoms with Crippen LogP contribution in [-0.4, -0.2) is 23.3 Å². The van der Waals surface area contributed by atoms with Crippen LogP contribution in [-0.2, 0) is 11.3 Å². The molecule has 0 aliphatic carbocycles. The van der Waals surface area contributed by atoms with Gasteiger partial charge in [-0.1, -0.05) is 18.2 Å². The van der Waals surface area contributed by atoms with Crippen molar-refractivity contribution in [3.8, 4) is 11.3 Å². The van der Waals surface area contributed by atoms with Crippen LogP contribution in [0.4, 0.5) is 20.3 Å². The zero-order valence-corrected chi connectivity index (χ0v) is 16.3. The maximum absolute atomic E-state index is 14.3. The van der Waals surface area contributed by atoms with Gasteiger partial charge in [0.2, 0.25) is 5.91 Å². The van der Waals surface area contributed by atoms with E-state index in [9.17, 15) is 18.4 Å². The number of hydrogen-bond donors (Lipinski definition) is 3. The molecule has 1 fully saturated rings. The number of rotatable bonds is 4. The highest BCUT2D eigenvalue weighted by atomic mass is 19.1. The highest BCUT2D eigenvalue weighted by Crippen LogP contribution is 2.33. The summed E-state index contributed by atoms with van der Waals surface area (Å²) in [5.74, 6) is -1.70. The number of anilines is 2. The van der Waals surface area contributed by atoms with E-state index < -0.39 is 11.6 Å². The van der Waals surface area contributed by atoms with Crippen molar-refractivity contribution < 1.29 is 18.4 Å². The fourth-order valence-corrected chi connectivity index (χ4v) is 4.06. The van der Waals surface area contributed by atoms with Gasteiger partial charge in [-0.15, -0.1) is 0 Å². The number of nitrogens with one attached hydrogen (secondary N) is 3. The number of carbonyl (C=O) groups is 2. The van der Waals surface area contributed by atoms with Crippen molar-refractivity contribution >= 4 is 23.3 Å². The Morgan fingerprint density at radius 2 is 1.71 bits per heavy atom. The second kappa shape index (κ2) is 7.46.